The number of rotatable bonds is 5. The molecule has 1 aromatic rings. The highest BCUT2D eigenvalue weighted by Gasteiger charge is 2.45. The van der Waals surface area contributed by atoms with Crippen LogP contribution in [0.4, 0.5) is 0 Å². The molecule has 6 heteroatoms. The molecule has 6 nitrogen and oxygen atoms in total. The number of amides is 1. The number of benzene rings is 1. The Bertz CT molecular complexity index is 627. The highest BCUT2D eigenvalue weighted by molar-refractivity contribution is 5.87. The molecule has 1 aliphatic heterocycles. The Balaban J connectivity index is 1.65. The summed E-state index contributed by atoms with van der Waals surface area (Å²) in [4.78, 5) is 23.5. The molecule has 0 saturated heterocycles. The number of ether oxygens (including phenoxy) is 2. The van der Waals surface area contributed by atoms with Gasteiger partial charge in [0, 0.05) is 5.92 Å². The summed E-state index contributed by atoms with van der Waals surface area (Å²) in [7, 11) is 0. The highest BCUT2D eigenvalue weighted by Crippen LogP contribution is 2.49. The van der Waals surface area contributed by atoms with Gasteiger partial charge in [-0.15, -0.1) is 0 Å². The summed E-state index contributed by atoms with van der Waals surface area (Å²) in [5, 5.41) is 11.8. The summed E-state index contributed by atoms with van der Waals surface area (Å²) in [6.07, 6.45) is 0.732. The molecule has 1 amide bonds. The molecule has 3 rings (SSSR count). The van der Waals surface area contributed by atoms with E-state index in [1.54, 1.807) is 13.8 Å². The number of aliphatic carboxylic acids is 1. The van der Waals surface area contributed by atoms with Crippen LogP contribution < -0.4 is 14.8 Å². The van der Waals surface area contributed by atoms with Crippen molar-refractivity contribution in [1.29, 1.82) is 0 Å². The van der Waals surface area contributed by atoms with Crippen LogP contribution in [0.2, 0.25) is 0 Å². The minimum absolute atomic E-state index is 0.118. The zero-order valence-electron chi connectivity index (χ0n) is 13.2. The van der Waals surface area contributed by atoms with E-state index in [4.69, 9.17) is 14.6 Å². The molecule has 23 heavy (non-hydrogen) atoms. The second-order valence-corrected chi connectivity index (χ2v) is 6.42. The first kappa shape index (κ1) is 15.6. The fourth-order valence-corrected chi connectivity index (χ4v) is 2.92. The highest BCUT2D eigenvalue weighted by atomic mass is 16.6. The number of carboxylic acids is 1. The van der Waals surface area contributed by atoms with E-state index >= 15 is 0 Å². The SMILES string of the molecule is CC(C)C(NC(=O)C1CC1c1ccc2c(c1)OCCO2)C(=O)O. The van der Waals surface area contributed by atoms with Gasteiger partial charge in [-0.1, -0.05) is 19.9 Å². The molecule has 124 valence electrons. The topological polar surface area (TPSA) is 84.9 Å². The zero-order valence-corrected chi connectivity index (χ0v) is 13.2. The van der Waals surface area contributed by atoms with Crippen LogP contribution in [0.25, 0.3) is 0 Å². The normalized spacial score (nSPS) is 23.3. The largest absolute Gasteiger partial charge is 0.486 e. The maximum absolute atomic E-state index is 12.3. The van der Waals surface area contributed by atoms with Crippen molar-refractivity contribution < 1.29 is 24.2 Å². The molecule has 1 saturated carbocycles. The standard InChI is InChI=1S/C17H21NO5/c1-9(2)15(17(20)21)18-16(19)12-8-11(12)10-3-4-13-14(7-10)23-6-5-22-13/h3-4,7,9,11-12,15H,5-6,8H2,1-2H3,(H,18,19)(H,20,21). The monoisotopic (exact) mass is 319 g/mol. The second-order valence-electron chi connectivity index (χ2n) is 6.42. The Labute approximate surface area is 134 Å². The van der Waals surface area contributed by atoms with Crippen molar-refractivity contribution in [2.45, 2.75) is 32.2 Å². The third-order valence-corrected chi connectivity index (χ3v) is 4.35. The molecular formula is C17H21NO5. The number of hydrogen-bond donors (Lipinski definition) is 2. The van der Waals surface area contributed by atoms with E-state index in [1.807, 2.05) is 18.2 Å². The first-order valence-electron chi connectivity index (χ1n) is 7.90. The van der Waals surface area contributed by atoms with Crippen LogP contribution in [0, 0.1) is 11.8 Å². The van der Waals surface area contributed by atoms with Crippen LogP contribution >= 0.6 is 0 Å². The van der Waals surface area contributed by atoms with Crippen LogP contribution in [0.5, 0.6) is 11.5 Å². The lowest BCUT2D eigenvalue weighted by Crippen LogP contribution is -2.45. The van der Waals surface area contributed by atoms with Gasteiger partial charge in [-0.05, 0) is 36.0 Å². The molecule has 1 aromatic carbocycles. The van der Waals surface area contributed by atoms with Crippen LogP contribution in [-0.2, 0) is 9.59 Å². The molecule has 3 atom stereocenters. The van der Waals surface area contributed by atoms with Crippen molar-refractivity contribution >= 4 is 11.9 Å². The lowest BCUT2D eigenvalue weighted by Gasteiger charge is -2.19. The van der Waals surface area contributed by atoms with Crippen molar-refractivity contribution in [2.24, 2.45) is 11.8 Å². The summed E-state index contributed by atoms with van der Waals surface area (Å²) in [5.41, 5.74) is 1.03. The van der Waals surface area contributed by atoms with E-state index in [1.165, 1.54) is 0 Å². The molecule has 0 radical (unpaired) electrons. The molecule has 3 unspecified atom stereocenters. The first-order valence-corrected chi connectivity index (χ1v) is 7.90. The van der Waals surface area contributed by atoms with Gasteiger partial charge in [0.15, 0.2) is 11.5 Å². The number of hydrogen-bond acceptors (Lipinski definition) is 4. The molecule has 2 N–H and O–H groups in total. The van der Waals surface area contributed by atoms with Crippen molar-refractivity contribution in [2.75, 3.05) is 13.2 Å². The number of carbonyl (C=O) groups is 2. The van der Waals surface area contributed by atoms with Crippen LogP contribution in [0.3, 0.4) is 0 Å². The van der Waals surface area contributed by atoms with Crippen molar-refractivity contribution in [1.82, 2.24) is 5.32 Å². The Hall–Kier alpha value is -2.24. The van der Waals surface area contributed by atoms with Gasteiger partial charge in [-0.2, -0.15) is 0 Å². The van der Waals surface area contributed by atoms with Gasteiger partial charge in [0.05, 0.1) is 0 Å². The molecule has 0 bridgehead atoms. The third kappa shape index (κ3) is 3.25. The number of carboxylic acid groups (broad SMARTS) is 1. The van der Waals surface area contributed by atoms with E-state index < -0.39 is 12.0 Å². The predicted octanol–water partition coefficient (Wildman–Crippen LogP) is 1.79. The van der Waals surface area contributed by atoms with Gasteiger partial charge in [-0.3, -0.25) is 4.79 Å². The van der Waals surface area contributed by atoms with Gasteiger partial charge in [0.25, 0.3) is 0 Å². The summed E-state index contributed by atoms with van der Waals surface area (Å²) < 4.78 is 11.1. The van der Waals surface area contributed by atoms with E-state index in [2.05, 4.69) is 5.32 Å². The van der Waals surface area contributed by atoms with Crippen LogP contribution in [-0.4, -0.2) is 36.2 Å². The molecular weight excluding hydrogens is 298 g/mol. The van der Waals surface area contributed by atoms with Gasteiger partial charge < -0.3 is 19.9 Å². The van der Waals surface area contributed by atoms with Crippen LogP contribution in [0.1, 0.15) is 31.7 Å². The van der Waals surface area contributed by atoms with E-state index in [-0.39, 0.29) is 23.7 Å². The summed E-state index contributed by atoms with van der Waals surface area (Å²) in [5.74, 6) is 0.0576. The molecule has 1 fully saturated rings. The molecule has 2 aliphatic rings. The average molecular weight is 319 g/mol. The lowest BCUT2D eigenvalue weighted by molar-refractivity contribution is -0.143. The smallest absolute Gasteiger partial charge is 0.326 e. The first-order chi connectivity index (χ1) is 11.0. The van der Waals surface area contributed by atoms with Gasteiger partial charge in [-0.25, -0.2) is 4.79 Å². The number of carbonyl (C=O) groups excluding carboxylic acids is 1. The van der Waals surface area contributed by atoms with Gasteiger partial charge in [0.1, 0.15) is 19.3 Å². The maximum atomic E-state index is 12.3. The molecule has 0 aromatic heterocycles. The Morgan fingerprint density at radius 3 is 2.57 bits per heavy atom. The quantitative estimate of drug-likeness (QED) is 0.864. The van der Waals surface area contributed by atoms with Crippen molar-refractivity contribution in [3.8, 4) is 11.5 Å². The Morgan fingerprint density at radius 2 is 1.91 bits per heavy atom. The number of nitrogens with one attached hydrogen (secondary N) is 1. The molecule has 1 heterocycles. The fraction of sp³-hybridized carbons (Fsp3) is 0.529. The van der Waals surface area contributed by atoms with Crippen LogP contribution in [0.15, 0.2) is 18.2 Å². The Morgan fingerprint density at radius 1 is 1.22 bits per heavy atom. The third-order valence-electron chi connectivity index (χ3n) is 4.35. The van der Waals surface area contributed by atoms with Gasteiger partial charge >= 0.3 is 5.97 Å². The predicted molar refractivity (Wildman–Crippen MR) is 82.7 cm³/mol. The molecule has 0 spiro atoms. The van der Waals surface area contributed by atoms with E-state index in [9.17, 15) is 9.59 Å². The average Bonchev–Trinajstić information content (AvgIpc) is 3.32. The van der Waals surface area contributed by atoms with E-state index in [0.29, 0.717) is 19.0 Å². The lowest BCUT2D eigenvalue weighted by atomic mass is 10.0. The summed E-state index contributed by atoms with van der Waals surface area (Å²) in [6, 6.07) is 4.89. The summed E-state index contributed by atoms with van der Waals surface area (Å²) >= 11 is 0. The molecule has 1 aliphatic carbocycles. The maximum Gasteiger partial charge on any atom is 0.326 e. The zero-order chi connectivity index (χ0) is 16.6. The minimum atomic E-state index is -0.995. The fourth-order valence-electron chi connectivity index (χ4n) is 2.92. The Kier molecular flexibility index (Phi) is 4.15. The van der Waals surface area contributed by atoms with Crippen molar-refractivity contribution in [3.63, 3.8) is 0 Å². The summed E-state index contributed by atoms with van der Waals surface area (Å²) in [6.45, 7) is 4.64. The van der Waals surface area contributed by atoms with Gasteiger partial charge in [0.2, 0.25) is 5.91 Å². The van der Waals surface area contributed by atoms with Crippen molar-refractivity contribution in [3.05, 3.63) is 23.8 Å². The minimum Gasteiger partial charge on any atom is -0.486 e. The number of fused-ring (bicyclic) bond motifs is 1. The van der Waals surface area contributed by atoms with E-state index in [0.717, 1.165) is 17.7 Å². The second kappa shape index (κ2) is 6.10.